The predicted octanol–water partition coefficient (Wildman–Crippen LogP) is 1.02. The number of carbonyl (C=O) groups excluding carboxylic acids is 1. The van der Waals surface area contributed by atoms with Crippen molar-refractivity contribution in [2.75, 3.05) is 6.67 Å². The zero-order chi connectivity index (χ0) is 9.84. The molecule has 0 saturated carbocycles. The number of hydrogen-bond acceptors (Lipinski definition) is 2. The Labute approximate surface area is 75.8 Å². The van der Waals surface area contributed by atoms with Gasteiger partial charge in [0.2, 0.25) is 0 Å². The Kier molecular flexibility index (Phi) is 3.19. The Hall–Kier alpha value is -1.16. The van der Waals surface area contributed by atoms with Gasteiger partial charge in [-0.25, -0.2) is 4.39 Å². The summed E-state index contributed by atoms with van der Waals surface area (Å²) in [4.78, 5) is 11.0. The Bertz CT molecular complexity index is 296. The highest BCUT2D eigenvalue weighted by Crippen LogP contribution is 2.04. The summed E-state index contributed by atoms with van der Waals surface area (Å²) >= 11 is 0. The van der Waals surface area contributed by atoms with Gasteiger partial charge in [0.25, 0.3) is 0 Å². The Morgan fingerprint density at radius 2 is 2.46 bits per heavy atom. The number of Topliss-reactive ketones (excluding diaryl/α,β-unsaturated/α-hetero) is 1. The summed E-state index contributed by atoms with van der Waals surface area (Å²) in [5.74, 6) is -0.0870. The van der Waals surface area contributed by atoms with Gasteiger partial charge < -0.3 is 9.67 Å². The van der Waals surface area contributed by atoms with Crippen molar-refractivity contribution < 1.29 is 14.3 Å². The summed E-state index contributed by atoms with van der Waals surface area (Å²) in [6, 6.07) is 3.34. The third-order valence-corrected chi connectivity index (χ3v) is 1.78. The number of aliphatic hydroxyl groups excluding tert-OH is 1. The van der Waals surface area contributed by atoms with E-state index >= 15 is 0 Å². The maximum Gasteiger partial charge on any atom is 0.176 e. The molecule has 0 aromatic carbocycles. The topological polar surface area (TPSA) is 42.2 Å². The molecule has 0 spiro atoms. The molecule has 13 heavy (non-hydrogen) atoms. The summed E-state index contributed by atoms with van der Waals surface area (Å²) in [5.41, 5.74) is 0.493. The first-order valence-corrected chi connectivity index (χ1v) is 4.05. The normalized spacial score (nSPS) is 12.8. The zero-order valence-corrected chi connectivity index (χ0v) is 7.40. The van der Waals surface area contributed by atoms with Crippen molar-refractivity contribution in [2.45, 2.75) is 19.6 Å². The highest BCUT2D eigenvalue weighted by molar-refractivity contribution is 5.92. The lowest BCUT2D eigenvalue weighted by Crippen LogP contribution is -2.19. The van der Waals surface area contributed by atoms with E-state index in [1.165, 1.54) is 6.92 Å². The number of rotatable bonds is 4. The van der Waals surface area contributed by atoms with Gasteiger partial charge in [-0.3, -0.25) is 4.79 Å². The molecule has 0 fully saturated rings. The number of aromatic nitrogens is 1. The van der Waals surface area contributed by atoms with Crippen LogP contribution in [-0.4, -0.2) is 28.2 Å². The minimum Gasteiger partial charge on any atom is -0.389 e. The molecule has 4 heteroatoms. The van der Waals surface area contributed by atoms with Crippen molar-refractivity contribution >= 4 is 5.78 Å². The number of aliphatic hydroxyl groups is 1. The first-order chi connectivity index (χ1) is 6.15. The molecule has 1 heterocycles. The van der Waals surface area contributed by atoms with Crippen molar-refractivity contribution in [3.8, 4) is 0 Å². The molecular formula is C9H12FNO2. The molecule has 0 aliphatic carbocycles. The number of hydrogen-bond donors (Lipinski definition) is 1. The van der Waals surface area contributed by atoms with Crippen LogP contribution in [0.1, 0.15) is 17.4 Å². The number of halogens is 1. The van der Waals surface area contributed by atoms with Crippen LogP contribution in [0.2, 0.25) is 0 Å². The lowest BCUT2D eigenvalue weighted by molar-refractivity contribution is 0.0987. The monoisotopic (exact) mass is 185 g/mol. The molecule has 1 atom stereocenters. The van der Waals surface area contributed by atoms with Crippen LogP contribution in [0.15, 0.2) is 18.3 Å². The van der Waals surface area contributed by atoms with E-state index in [0.717, 1.165) is 0 Å². The fourth-order valence-corrected chi connectivity index (χ4v) is 1.17. The van der Waals surface area contributed by atoms with E-state index < -0.39 is 12.8 Å². The SMILES string of the molecule is CC(=O)c1cccn1CC(O)CF. The first-order valence-electron chi connectivity index (χ1n) is 4.05. The van der Waals surface area contributed by atoms with Crippen LogP contribution in [-0.2, 0) is 6.54 Å². The predicted molar refractivity (Wildman–Crippen MR) is 46.4 cm³/mol. The number of carbonyl (C=O) groups is 1. The zero-order valence-electron chi connectivity index (χ0n) is 7.40. The molecule has 1 rings (SSSR count). The van der Waals surface area contributed by atoms with Crippen molar-refractivity contribution in [3.63, 3.8) is 0 Å². The summed E-state index contributed by atoms with van der Waals surface area (Å²) < 4.78 is 13.5. The minimum atomic E-state index is -1.04. The van der Waals surface area contributed by atoms with Crippen LogP contribution in [0.25, 0.3) is 0 Å². The van der Waals surface area contributed by atoms with Gasteiger partial charge in [-0.1, -0.05) is 0 Å². The van der Waals surface area contributed by atoms with Crippen molar-refractivity contribution in [1.29, 1.82) is 0 Å². The van der Waals surface area contributed by atoms with Crippen molar-refractivity contribution in [3.05, 3.63) is 24.0 Å². The van der Waals surface area contributed by atoms with Gasteiger partial charge in [-0.05, 0) is 12.1 Å². The molecule has 0 aliphatic rings. The van der Waals surface area contributed by atoms with E-state index in [2.05, 4.69) is 0 Å². The minimum absolute atomic E-state index is 0.0870. The van der Waals surface area contributed by atoms with Gasteiger partial charge in [-0.15, -0.1) is 0 Å². The largest absolute Gasteiger partial charge is 0.389 e. The summed E-state index contributed by atoms with van der Waals surface area (Å²) in [7, 11) is 0. The Morgan fingerprint density at radius 1 is 1.77 bits per heavy atom. The first kappa shape index (κ1) is 9.92. The third-order valence-electron chi connectivity index (χ3n) is 1.78. The van der Waals surface area contributed by atoms with Crippen molar-refractivity contribution in [1.82, 2.24) is 4.57 Å². The molecule has 1 aromatic heterocycles. The molecule has 0 aliphatic heterocycles. The highest BCUT2D eigenvalue weighted by atomic mass is 19.1. The van der Waals surface area contributed by atoms with Crippen LogP contribution in [0.4, 0.5) is 4.39 Å². The highest BCUT2D eigenvalue weighted by Gasteiger charge is 2.09. The molecule has 72 valence electrons. The average Bonchev–Trinajstić information content (AvgIpc) is 2.52. The van der Waals surface area contributed by atoms with E-state index in [0.29, 0.717) is 5.69 Å². The molecule has 0 radical (unpaired) electrons. The second-order valence-corrected chi connectivity index (χ2v) is 2.91. The van der Waals surface area contributed by atoms with Gasteiger partial charge in [0.05, 0.1) is 12.2 Å². The number of alkyl halides is 1. The molecule has 0 saturated heterocycles. The number of nitrogens with zero attached hydrogens (tertiary/aromatic N) is 1. The summed E-state index contributed by atoms with van der Waals surface area (Å²) in [5, 5.41) is 9.03. The van der Waals surface area contributed by atoms with E-state index in [-0.39, 0.29) is 12.3 Å². The third kappa shape index (κ3) is 2.39. The molecule has 1 aromatic rings. The quantitative estimate of drug-likeness (QED) is 0.711. The van der Waals surface area contributed by atoms with E-state index in [1.807, 2.05) is 0 Å². The standard InChI is InChI=1S/C9H12FNO2/c1-7(12)9-3-2-4-11(9)6-8(13)5-10/h2-4,8,13H,5-6H2,1H3. The van der Waals surface area contributed by atoms with Crippen LogP contribution in [0, 0.1) is 0 Å². The van der Waals surface area contributed by atoms with Crippen LogP contribution < -0.4 is 0 Å². The maximum atomic E-state index is 12.0. The van der Waals surface area contributed by atoms with Crippen molar-refractivity contribution in [2.24, 2.45) is 0 Å². The van der Waals surface area contributed by atoms with Gasteiger partial charge >= 0.3 is 0 Å². The lowest BCUT2D eigenvalue weighted by Gasteiger charge is -2.09. The van der Waals surface area contributed by atoms with Gasteiger partial charge in [-0.2, -0.15) is 0 Å². The fraction of sp³-hybridized carbons (Fsp3) is 0.444. The molecule has 0 bridgehead atoms. The van der Waals surface area contributed by atoms with E-state index in [4.69, 9.17) is 5.11 Å². The van der Waals surface area contributed by atoms with Crippen LogP contribution >= 0.6 is 0 Å². The van der Waals surface area contributed by atoms with E-state index in [1.54, 1.807) is 22.9 Å². The Morgan fingerprint density at radius 3 is 3.00 bits per heavy atom. The Balaban J connectivity index is 2.76. The second kappa shape index (κ2) is 4.18. The van der Waals surface area contributed by atoms with Gasteiger partial charge in [0, 0.05) is 13.1 Å². The molecule has 1 unspecified atom stereocenters. The number of ketones is 1. The van der Waals surface area contributed by atoms with Crippen LogP contribution in [0.5, 0.6) is 0 Å². The van der Waals surface area contributed by atoms with Crippen LogP contribution in [0.3, 0.4) is 0 Å². The second-order valence-electron chi connectivity index (χ2n) is 2.91. The van der Waals surface area contributed by atoms with E-state index in [9.17, 15) is 9.18 Å². The maximum absolute atomic E-state index is 12.0. The summed E-state index contributed by atoms with van der Waals surface area (Å²) in [6.07, 6.45) is 0.612. The average molecular weight is 185 g/mol. The van der Waals surface area contributed by atoms with Gasteiger partial charge in [0.15, 0.2) is 5.78 Å². The molecule has 3 nitrogen and oxygen atoms in total. The lowest BCUT2D eigenvalue weighted by atomic mass is 10.3. The van der Waals surface area contributed by atoms with Gasteiger partial charge in [0.1, 0.15) is 12.8 Å². The molecule has 1 N–H and O–H groups in total. The smallest absolute Gasteiger partial charge is 0.176 e. The molecular weight excluding hydrogens is 173 g/mol. The fourth-order valence-electron chi connectivity index (χ4n) is 1.17. The molecule has 0 amide bonds. The summed E-state index contributed by atoms with van der Waals surface area (Å²) in [6.45, 7) is 0.765.